The molecule has 0 aromatic heterocycles. The predicted molar refractivity (Wildman–Crippen MR) is 94.4 cm³/mol. The molecule has 1 N–H and O–H groups in total. The van der Waals surface area contributed by atoms with Gasteiger partial charge in [0, 0.05) is 24.8 Å². The molecule has 1 saturated heterocycles. The Morgan fingerprint density at radius 1 is 1.30 bits per heavy atom. The SMILES string of the molecule is COc1cc(C)cc(NC(=O)N(C)CCCN2CCCC2)c1C. The molecule has 0 aliphatic carbocycles. The number of hydrogen-bond acceptors (Lipinski definition) is 3. The van der Waals surface area contributed by atoms with Crippen LogP contribution in [0.15, 0.2) is 12.1 Å². The molecule has 5 nitrogen and oxygen atoms in total. The van der Waals surface area contributed by atoms with Crippen LogP contribution in [0.3, 0.4) is 0 Å². The fraction of sp³-hybridized carbons (Fsp3) is 0.611. The van der Waals surface area contributed by atoms with Gasteiger partial charge in [0.2, 0.25) is 0 Å². The van der Waals surface area contributed by atoms with E-state index in [9.17, 15) is 4.79 Å². The standard InChI is InChI=1S/C18H29N3O2/c1-14-12-16(15(2)17(13-14)23-4)19-18(22)20(3)8-7-11-21-9-5-6-10-21/h12-13H,5-11H2,1-4H3,(H,19,22). The normalized spacial score (nSPS) is 14.8. The Labute approximate surface area is 139 Å². The zero-order valence-corrected chi connectivity index (χ0v) is 14.8. The third kappa shape index (κ3) is 4.86. The van der Waals surface area contributed by atoms with Crippen LogP contribution < -0.4 is 10.1 Å². The van der Waals surface area contributed by atoms with E-state index in [-0.39, 0.29) is 6.03 Å². The molecule has 0 bridgehead atoms. The average Bonchev–Trinajstić information content (AvgIpc) is 3.03. The summed E-state index contributed by atoms with van der Waals surface area (Å²) in [4.78, 5) is 16.6. The molecule has 1 heterocycles. The first-order chi connectivity index (χ1) is 11.0. The Balaban J connectivity index is 1.86. The molecule has 2 amide bonds. The maximum Gasteiger partial charge on any atom is 0.321 e. The van der Waals surface area contributed by atoms with E-state index in [4.69, 9.17) is 4.74 Å². The molecule has 23 heavy (non-hydrogen) atoms. The second kappa shape index (κ2) is 8.20. The number of amides is 2. The maximum absolute atomic E-state index is 12.4. The number of carbonyl (C=O) groups excluding carboxylic acids is 1. The van der Waals surface area contributed by atoms with Crippen LogP contribution in [0, 0.1) is 13.8 Å². The number of nitrogens with one attached hydrogen (secondary N) is 1. The van der Waals surface area contributed by atoms with Crippen molar-refractivity contribution in [3.63, 3.8) is 0 Å². The van der Waals surface area contributed by atoms with Crippen molar-refractivity contribution in [2.24, 2.45) is 0 Å². The first kappa shape index (κ1) is 17.6. The smallest absolute Gasteiger partial charge is 0.321 e. The second-order valence-corrected chi connectivity index (χ2v) is 6.39. The Morgan fingerprint density at radius 3 is 2.65 bits per heavy atom. The number of methoxy groups -OCH3 is 1. The summed E-state index contributed by atoms with van der Waals surface area (Å²) >= 11 is 0. The van der Waals surface area contributed by atoms with E-state index < -0.39 is 0 Å². The van der Waals surface area contributed by atoms with Gasteiger partial charge in [-0.15, -0.1) is 0 Å². The third-order valence-corrected chi connectivity index (χ3v) is 4.48. The van der Waals surface area contributed by atoms with Gasteiger partial charge in [0.05, 0.1) is 7.11 Å². The number of carbonyl (C=O) groups is 1. The minimum absolute atomic E-state index is 0.0674. The highest BCUT2D eigenvalue weighted by atomic mass is 16.5. The highest BCUT2D eigenvalue weighted by Gasteiger charge is 2.14. The topological polar surface area (TPSA) is 44.8 Å². The molecule has 1 aromatic rings. The van der Waals surface area contributed by atoms with Crippen molar-refractivity contribution in [1.29, 1.82) is 0 Å². The van der Waals surface area contributed by atoms with Crippen LogP contribution >= 0.6 is 0 Å². The molecular formula is C18H29N3O2. The molecule has 1 aromatic carbocycles. The number of rotatable bonds is 6. The summed E-state index contributed by atoms with van der Waals surface area (Å²) in [5, 5.41) is 3.00. The molecule has 1 aliphatic heterocycles. The van der Waals surface area contributed by atoms with Crippen LogP contribution in [0.25, 0.3) is 0 Å². The average molecular weight is 319 g/mol. The lowest BCUT2D eigenvalue weighted by molar-refractivity contribution is 0.218. The van der Waals surface area contributed by atoms with Gasteiger partial charge in [-0.2, -0.15) is 0 Å². The summed E-state index contributed by atoms with van der Waals surface area (Å²) in [7, 11) is 3.50. The lowest BCUT2D eigenvalue weighted by Gasteiger charge is -2.21. The second-order valence-electron chi connectivity index (χ2n) is 6.39. The number of hydrogen-bond donors (Lipinski definition) is 1. The minimum Gasteiger partial charge on any atom is -0.496 e. The van der Waals surface area contributed by atoms with E-state index in [0.717, 1.165) is 42.1 Å². The molecule has 5 heteroatoms. The molecule has 0 saturated carbocycles. The van der Waals surface area contributed by atoms with E-state index in [1.807, 2.05) is 33.0 Å². The van der Waals surface area contributed by atoms with E-state index in [1.54, 1.807) is 12.0 Å². The predicted octanol–water partition coefficient (Wildman–Crippen LogP) is 3.26. The van der Waals surface area contributed by atoms with Crippen molar-refractivity contribution in [3.8, 4) is 5.75 Å². The summed E-state index contributed by atoms with van der Waals surface area (Å²) in [6, 6.07) is 3.89. The van der Waals surface area contributed by atoms with Crippen molar-refractivity contribution in [2.45, 2.75) is 33.1 Å². The van der Waals surface area contributed by atoms with Crippen LogP contribution in [-0.2, 0) is 0 Å². The van der Waals surface area contributed by atoms with Gasteiger partial charge in [0.1, 0.15) is 5.75 Å². The number of aryl methyl sites for hydroxylation is 1. The number of likely N-dealkylation sites (tertiary alicyclic amines) is 1. The Bertz CT molecular complexity index is 539. The highest BCUT2D eigenvalue weighted by Crippen LogP contribution is 2.27. The van der Waals surface area contributed by atoms with Crippen LogP contribution in [0.2, 0.25) is 0 Å². The molecule has 128 valence electrons. The van der Waals surface area contributed by atoms with Crippen molar-refractivity contribution in [2.75, 3.05) is 45.7 Å². The highest BCUT2D eigenvalue weighted by molar-refractivity contribution is 5.90. The van der Waals surface area contributed by atoms with Gasteiger partial charge in [-0.3, -0.25) is 0 Å². The Morgan fingerprint density at radius 2 is 2.00 bits per heavy atom. The minimum atomic E-state index is -0.0674. The molecule has 1 fully saturated rings. The van der Waals surface area contributed by atoms with E-state index in [1.165, 1.54) is 25.9 Å². The summed E-state index contributed by atoms with van der Waals surface area (Å²) in [6.07, 6.45) is 3.63. The number of nitrogens with zero attached hydrogens (tertiary/aromatic N) is 2. The lowest BCUT2D eigenvalue weighted by atomic mass is 10.1. The van der Waals surface area contributed by atoms with Gasteiger partial charge in [0.15, 0.2) is 0 Å². The maximum atomic E-state index is 12.4. The van der Waals surface area contributed by atoms with E-state index in [2.05, 4.69) is 10.2 Å². The quantitative estimate of drug-likeness (QED) is 0.875. The van der Waals surface area contributed by atoms with E-state index >= 15 is 0 Å². The van der Waals surface area contributed by atoms with Gasteiger partial charge in [0.25, 0.3) is 0 Å². The fourth-order valence-electron chi connectivity index (χ4n) is 3.02. The lowest BCUT2D eigenvalue weighted by Crippen LogP contribution is -2.34. The summed E-state index contributed by atoms with van der Waals surface area (Å²) in [6.45, 7) is 8.22. The van der Waals surface area contributed by atoms with Crippen LogP contribution in [0.4, 0.5) is 10.5 Å². The number of ether oxygens (including phenoxy) is 1. The summed E-state index contributed by atoms with van der Waals surface area (Å²) in [5.74, 6) is 0.803. The van der Waals surface area contributed by atoms with Crippen LogP contribution in [0.5, 0.6) is 5.75 Å². The Kier molecular flexibility index (Phi) is 6.28. The monoisotopic (exact) mass is 319 g/mol. The van der Waals surface area contributed by atoms with Crippen molar-refractivity contribution < 1.29 is 9.53 Å². The zero-order valence-electron chi connectivity index (χ0n) is 14.8. The van der Waals surface area contributed by atoms with Gasteiger partial charge in [-0.05, 0) is 70.4 Å². The largest absolute Gasteiger partial charge is 0.496 e. The van der Waals surface area contributed by atoms with Crippen molar-refractivity contribution >= 4 is 11.7 Å². The molecule has 2 rings (SSSR count). The third-order valence-electron chi connectivity index (χ3n) is 4.48. The van der Waals surface area contributed by atoms with Gasteiger partial charge < -0.3 is 19.9 Å². The van der Waals surface area contributed by atoms with Gasteiger partial charge >= 0.3 is 6.03 Å². The molecular weight excluding hydrogens is 290 g/mol. The van der Waals surface area contributed by atoms with Crippen molar-refractivity contribution in [1.82, 2.24) is 9.80 Å². The van der Waals surface area contributed by atoms with Crippen LogP contribution in [-0.4, -0.2) is 56.2 Å². The van der Waals surface area contributed by atoms with Gasteiger partial charge in [-0.25, -0.2) is 4.79 Å². The number of anilines is 1. The van der Waals surface area contributed by atoms with E-state index in [0.29, 0.717) is 0 Å². The Hall–Kier alpha value is -1.75. The molecule has 0 spiro atoms. The fourth-order valence-corrected chi connectivity index (χ4v) is 3.02. The van der Waals surface area contributed by atoms with Crippen molar-refractivity contribution in [3.05, 3.63) is 23.3 Å². The zero-order chi connectivity index (χ0) is 16.8. The molecule has 0 atom stereocenters. The summed E-state index contributed by atoms with van der Waals surface area (Å²) < 4.78 is 5.36. The molecule has 0 unspecified atom stereocenters. The molecule has 0 radical (unpaired) electrons. The number of urea groups is 1. The number of benzene rings is 1. The van der Waals surface area contributed by atoms with Gasteiger partial charge in [-0.1, -0.05) is 0 Å². The first-order valence-electron chi connectivity index (χ1n) is 8.41. The first-order valence-corrected chi connectivity index (χ1v) is 8.41. The summed E-state index contributed by atoms with van der Waals surface area (Å²) in [5.41, 5.74) is 2.84. The molecule has 1 aliphatic rings. The van der Waals surface area contributed by atoms with Crippen LogP contribution in [0.1, 0.15) is 30.4 Å².